The maximum atomic E-state index is 14.0. The first kappa shape index (κ1) is 28.3. The van der Waals surface area contributed by atoms with E-state index in [0.717, 1.165) is 5.69 Å². The van der Waals surface area contributed by atoms with Crippen LogP contribution in [0.3, 0.4) is 0 Å². The third kappa shape index (κ3) is 5.42. The summed E-state index contributed by atoms with van der Waals surface area (Å²) in [5.41, 5.74) is 3.38. The maximum Gasteiger partial charge on any atom is 0.323 e. The van der Waals surface area contributed by atoms with Gasteiger partial charge in [-0.2, -0.15) is 10.4 Å². The number of amides is 2. The Morgan fingerprint density at radius 1 is 1.12 bits per heavy atom. The third-order valence-electron chi connectivity index (χ3n) is 7.83. The first-order chi connectivity index (χ1) is 20.7. The number of carbonyl (C=O) groups excluding carboxylic acids is 1. The van der Waals surface area contributed by atoms with E-state index in [2.05, 4.69) is 25.7 Å². The predicted molar refractivity (Wildman–Crippen MR) is 160 cm³/mol. The number of anilines is 3. The van der Waals surface area contributed by atoms with Crippen LogP contribution < -0.4 is 15.5 Å². The summed E-state index contributed by atoms with van der Waals surface area (Å²) in [6, 6.07) is 16.5. The van der Waals surface area contributed by atoms with Crippen molar-refractivity contribution in [1.29, 1.82) is 5.26 Å². The molecule has 43 heavy (non-hydrogen) atoms. The maximum absolute atomic E-state index is 14.0. The van der Waals surface area contributed by atoms with Gasteiger partial charge in [0.1, 0.15) is 10.6 Å². The van der Waals surface area contributed by atoms with Crippen LogP contribution in [0.15, 0.2) is 65.7 Å². The van der Waals surface area contributed by atoms with Crippen molar-refractivity contribution >= 4 is 33.1 Å². The van der Waals surface area contributed by atoms with Crippen LogP contribution in [0.1, 0.15) is 36.7 Å². The molecule has 0 spiro atoms. The molecule has 2 amide bonds. The first-order valence-electron chi connectivity index (χ1n) is 13.9. The van der Waals surface area contributed by atoms with Crippen molar-refractivity contribution in [2.45, 2.75) is 42.4 Å². The normalized spacial score (nSPS) is 17.6. The predicted octanol–water partition coefficient (Wildman–Crippen LogP) is 4.38. The molecule has 2 aromatic heterocycles. The molecular weight excluding hydrogens is 568 g/mol. The summed E-state index contributed by atoms with van der Waals surface area (Å²) in [4.78, 5) is 24.4. The number of sulfone groups is 1. The molecule has 2 aromatic carbocycles. The van der Waals surface area contributed by atoms with Gasteiger partial charge >= 0.3 is 6.03 Å². The fourth-order valence-corrected chi connectivity index (χ4v) is 7.15. The minimum absolute atomic E-state index is 0.0404. The van der Waals surface area contributed by atoms with Crippen molar-refractivity contribution < 1.29 is 17.9 Å². The SMILES string of the molecule is Cc1[nH]ncc1NC(=O)Nc1ccc(-c2nc(N3CCOC[C@@H]3C)cc(C3(S(=O)(=O)c4ccc(C#N)cc4)CC3)n2)cc1. The average molecular weight is 599 g/mol. The van der Waals surface area contributed by atoms with Crippen molar-refractivity contribution in [3.8, 4) is 17.5 Å². The molecule has 0 bridgehead atoms. The van der Waals surface area contributed by atoms with Crippen molar-refractivity contribution in [3.63, 3.8) is 0 Å². The molecule has 2 fully saturated rings. The highest BCUT2D eigenvalue weighted by Gasteiger charge is 2.58. The number of aryl methyl sites for hydroxylation is 1. The van der Waals surface area contributed by atoms with Crippen molar-refractivity contribution in [1.82, 2.24) is 20.2 Å². The molecule has 1 aliphatic heterocycles. The Balaban J connectivity index is 1.34. The molecule has 2 aliphatic rings. The Kier molecular flexibility index (Phi) is 7.33. The summed E-state index contributed by atoms with van der Waals surface area (Å²) >= 11 is 0. The van der Waals surface area contributed by atoms with Crippen molar-refractivity contribution in [2.75, 3.05) is 35.3 Å². The number of aromatic nitrogens is 4. The molecule has 1 saturated heterocycles. The van der Waals surface area contributed by atoms with E-state index < -0.39 is 20.6 Å². The minimum Gasteiger partial charge on any atom is -0.377 e. The topological polar surface area (TPSA) is 166 Å². The molecular formula is C30H30N8O4S. The van der Waals surface area contributed by atoms with E-state index in [1.807, 2.05) is 13.0 Å². The van der Waals surface area contributed by atoms with Gasteiger partial charge in [0, 0.05) is 23.9 Å². The molecule has 4 aromatic rings. The Hall–Kier alpha value is -4.80. The average Bonchev–Trinajstić information content (AvgIpc) is 3.75. The number of nitriles is 1. The molecule has 0 unspecified atom stereocenters. The zero-order valence-corrected chi connectivity index (χ0v) is 24.5. The van der Waals surface area contributed by atoms with Gasteiger partial charge < -0.3 is 20.3 Å². The Bertz CT molecular complexity index is 1810. The summed E-state index contributed by atoms with van der Waals surface area (Å²) in [6.07, 6.45) is 2.39. The number of rotatable bonds is 7. The Morgan fingerprint density at radius 2 is 1.86 bits per heavy atom. The second kappa shape index (κ2) is 11.1. The summed E-state index contributed by atoms with van der Waals surface area (Å²) in [5.74, 6) is 1.02. The molecule has 1 atom stereocenters. The van der Waals surface area contributed by atoms with Crippen LogP contribution in [0.5, 0.6) is 0 Å². The fraction of sp³-hybridized carbons (Fsp3) is 0.300. The van der Waals surface area contributed by atoms with Crippen LogP contribution in [0.4, 0.5) is 22.0 Å². The second-order valence-electron chi connectivity index (χ2n) is 10.8. The number of hydrogen-bond donors (Lipinski definition) is 3. The monoisotopic (exact) mass is 598 g/mol. The quantitative estimate of drug-likeness (QED) is 0.280. The van der Waals surface area contributed by atoms with E-state index in [0.29, 0.717) is 72.4 Å². The van der Waals surface area contributed by atoms with Gasteiger partial charge in [0.2, 0.25) is 0 Å². The molecule has 3 N–H and O–H groups in total. The molecule has 0 radical (unpaired) electrons. The number of ether oxygens (including phenoxy) is 1. The van der Waals surface area contributed by atoms with Gasteiger partial charge in [-0.15, -0.1) is 0 Å². The van der Waals surface area contributed by atoms with Gasteiger partial charge in [-0.25, -0.2) is 23.2 Å². The Labute approximate surface area is 249 Å². The lowest BCUT2D eigenvalue weighted by molar-refractivity contribution is 0.0985. The van der Waals surface area contributed by atoms with E-state index in [-0.39, 0.29) is 10.9 Å². The molecule has 220 valence electrons. The van der Waals surface area contributed by atoms with E-state index >= 15 is 0 Å². The number of H-pyrrole nitrogens is 1. The molecule has 12 nitrogen and oxygen atoms in total. The molecule has 1 saturated carbocycles. The van der Waals surface area contributed by atoms with Crippen LogP contribution >= 0.6 is 0 Å². The smallest absolute Gasteiger partial charge is 0.323 e. The molecule has 13 heteroatoms. The van der Waals surface area contributed by atoms with Crippen LogP contribution in [0.25, 0.3) is 11.4 Å². The van der Waals surface area contributed by atoms with Gasteiger partial charge in [0.15, 0.2) is 15.7 Å². The van der Waals surface area contributed by atoms with Crippen LogP contribution in [0, 0.1) is 18.3 Å². The van der Waals surface area contributed by atoms with Gasteiger partial charge in [0.05, 0.1) is 59.1 Å². The van der Waals surface area contributed by atoms with Crippen LogP contribution in [0.2, 0.25) is 0 Å². The minimum atomic E-state index is -3.81. The third-order valence-corrected chi connectivity index (χ3v) is 10.4. The highest BCUT2D eigenvalue weighted by molar-refractivity contribution is 7.92. The van der Waals surface area contributed by atoms with Gasteiger partial charge in [-0.3, -0.25) is 5.10 Å². The van der Waals surface area contributed by atoms with Crippen molar-refractivity contribution in [3.05, 3.63) is 77.7 Å². The highest BCUT2D eigenvalue weighted by Crippen LogP contribution is 2.55. The van der Waals surface area contributed by atoms with E-state index in [1.165, 1.54) is 30.5 Å². The number of morpholine rings is 1. The lowest BCUT2D eigenvalue weighted by atomic mass is 10.1. The molecule has 3 heterocycles. The lowest BCUT2D eigenvalue weighted by Crippen LogP contribution is -2.44. The summed E-state index contributed by atoms with van der Waals surface area (Å²) in [7, 11) is -3.81. The van der Waals surface area contributed by atoms with Gasteiger partial charge in [0.25, 0.3) is 0 Å². The number of nitrogens with zero attached hydrogens (tertiary/aromatic N) is 5. The zero-order chi connectivity index (χ0) is 30.2. The van der Waals surface area contributed by atoms with Gasteiger partial charge in [-0.05, 0) is 75.2 Å². The van der Waals surface area contributed by atoms with E-state index in [9.17, 15) is 13.2 Å². The standard InChI is InChI=1S/C30H30N8O4S/c1-19-18-42-14-13-38(19)27-15-26(30(11-12-30)43(40,41)24-9-3-21(16-31)4-10-24)35-28(36-27)22-5-7-23(8-6-22)33-29(39)34-25-17-32-37-20(25)2/h3-10,15,17,19H,11-14,18H2,1-2H3,(H,32,37)(H2,33,34,39)/t19-/m0/s1. The number of nitrogens with one attached hydrogen (secondary N) is 3. The van der Waals surface area contributed by atoms with Crippen molar-refractivity contribution in [2.24, 2.45) is 0 Å². The van der Waals surface area contributed by atoms with Crippen LogP contribution in [-0.2, 0) is 19.3 Å². The van der Waals surface area contributed by atoms with Gasteiger partial charge in [-0.1, -0.05) is 0 Å². The van der Waals surface area contributed by atoms with E-state index in [1.54, 1.807) is 37.3 Å². The molecule has 6 rings (SSSR count). The molecule has 1 aliphatic carbocycles. The first-order valence-corrected chi connectivity index (χ1v) is 15.4. The lowest BCUT2D eigenvalue weighted by Gasteiger charge is -2.34. The number of urea groups is 1. The number of benzene rings is 2. The highest BCUT2D eigenvalue weighted by atomic mass is 32.2. The number of hydrogen-bond acceptors (Lipinski definition) is 9. The second-order valence-corrected chi connectivity index (χ2v) is 13.0. The number of carbonyl (C=O) groups is 1. The Morgan fingerprint density at radius 3 is 2.49 bits per heavy atom. The summed E-state index contributed by atoms with van der Waals surface area (Å²) < 4.78 is 32.4. The van der Waals surface area contributed by atoms with E-state index in [4.69, 9.17) is 20.0 Å². The summed E-state index contributed by atoms with van der Waals surface area (Å²) in [5, 5.41) is 21.4. The fourth-order valence-electron chi connectivity index (χ4n) is 5.19. The number of aromatic amines is 1. The van der Waals surface area contributed by atoms with Crippen LogP contribution in [-0.4, -0.2) is 60.4 Å². The largest absolute Gasteiger partial charge is 0.377 e. The zero-order valence-electron chi connectivity index (χ0n) is 23.7. The summed E-state index contributed by atoms with van der Waals surface area (Å²) in [6.45, 7) is 5.52.